The number of morpholine rings is 1. The molecular weight excluding hydrogens is 232 g/mol. The Morgan fingerprint density at radius 1 is 1.38 bits per heavy atom. The summed E-state index contributed by atoms with van der Waals surface area (Å²) in [7, 11) is 0. The molecule has 1 aliphatic heterocycles. The zero-order chi connectivity index (χ0) is 11.5. The minimum absolute atomic E-state index is 0.0157. The number of rotatable bonds is 2. The Hall–Kier alpha value is -1.33. The number of halogens is 1. The van der Waals surface area contributed by atoms with Gasteiger partial charge in [0.2, 0.25) is 0 Å². The van der Waals surface area contributed by atoms with Crippen LogP contribution < -0.4 is 4.90 Å². The van der Waals surface area contributed by atoms with Gasteiger partial charge in [-0.05, 0) is 6.07 Å². The summed E-state index contributed by atoms with van der Waals surface area (Å²) in [4.78, 5) is 12.2. The summed E-state index contributed by atoms with van der Waals surface area (Å²) < 4.78 is 5.23. The summed E-state index contributed by atoms with van der Waals surface area (Å²) in [6, 6.07) is 4.54. The van der Waals surface area contributed by atoms with Gasteiger partial charge in [0, 0.05) is 25.2 Å². The predicted octanol–water partition coefficient (Wildman–Crippen LogP) is 2.08. The van der Waals surface area contributed by atoms with E-state index < -0.39 is 4.92 Å². The molecule has 16 heavy (non-hydrogen) atoms. The summed E-state index contributed by atoms with van der Waals surface area (Å²) in [6.07, 6.45) is 0. The van der Waals surface area contributed by atoms with Crippen LogP contribution in [0.5, 0.6) is 0 Å². The second kappa shape index (κ2) is 4.67. The number of ether oxygens (including phenoxy) is 1. The SMILES string of the molecule is O=[N+]([O-])c1ccc(N2CCOCC2)c(Cl)c1. The molecule has 5 nitrogen and oxygen atoms in total. The number of nitrogens with zero attached hydrogens (tertiary/aromatic N) is 2. The van der Waals surface area contributed by atoms with Crippen LogP contribution in [0.3, 0.4) is 0 Å². The van der Waals surface area contributed by atoms with E-state index in [1.807, 2.05) is 0 Å². The number of benzene rings is 1. The highest BCUT2D eigenvalue weighted by Gasteiger charge is 2.16. The molecule has 0 N–H and O–H groups in total. The van der Waals surface area contributed by atoms with Crippen molar-refractivity contribution in [2.45, 2.75) is 0 Å². The summed E-state index contributed by atoms with van der Waals surface area (Å²) in [5.41, 5.74) is 0.845. The highest BCUT2D eigenvalue weighted by Crippen LogP contribution is 2.30. The quantitative estimate of drug-likeness (QED) is 0.589. The molecule has 0 unspecified atom stereocenters. The molecule has 1 heterocycles. The average molecular weight is 243 g/mol. The molecule has 0 bridgehead atoms. The molecule has 0 saturated carbocycles. The Morgan fingerprint density at radius 2 is 2.06 bits per heavy atom. The smallest absolute Gasteiger partial charge is 0.271 e. The van der Waals surface area contributed by atoms with E-state index in [0.717, 1.165) is 18.8 Å². The van der Waals surface area contributed by atoms with Crippen molar-refractivity contribution < 1.29 is 9.66 Å². The van der Waals surface area contributed by atoms with Crippen LogP contribution in [-0.2, 0) is 4.74 Å². The van der Waals surface area contributed by atoms with Crippen LogP contribution in [0.1, 0.15) is 0 Å². The predicted molar refractivity (Wildman–Crippen MR) is 61.1 cm³/mol. The first-order valence-electron chi connectivity index (χ1n) is 4.95. The lowest BCUT2D eigenvalue weighted by Crippen LogP contribution is -2.36. The number of hydrogen-bond acceptors (Lipinski definition) is 4. The molecular formula is C10H11ClN2O3. The molecule has 1 saturated heterocycles. The fourth-order valence-electron chi connectivity index (χ4n) is 1.67. The van der Waals surface area contributed by atoms with Crippen molar-refractivity contribution in [3.05, 3.63) is 33.3 Å². The number of anilines is 1. The maximum Gasteiger partial charge on any atom is 0.271 e. The molecule has 0 aliphatic carbocycles. The van der Waals surface area contributed by atoms with Gasteiger partial charge in [-0.2, -0.15) is 0 Å². The Kier molecular flexibility index (Phi) is 3.26. The van der Waals surface area contributed by atoms with Crippen molar-refractivity contribution in [3.63, 3.8) is 0 Å². The molecule has 1 aromatic rings. The first-order chi connectivity index (χ1) is 7.68. The van der Waals surface area contributed by atoms with Crippen LogP contribution in [0, 0.1) is 10.1 Å². The zero-order valence-electron chi connectivity index (χ0n) is 8.56. The molecule has 1 aliphatic rings. The largest absolute Gasteiger partial charge is 0.378 e. The van der Waals surface area contributed by atoms with Gasteiger partial charge in [0.25, 0.3) is 5.69 Å². The maximum atomic E-state index is 10.6. The molecule has 0 atom stereocenters. The number of nitro groups is 1. The molecule has 6 heteroatoms. The van der Waals surface area contributed by atoms with Crippen molar-refractivity contribution >= 4 is 23.0 Å². The molecule has 2 rings (SSSR count). The second-order valence-corrected chi connectivity index (χ2v) is 3.90. The van der Waals surface area contributed by atoms with Gasteiger partial charge in [-0.3, -0.25) is 10.1 Å². The molecule has 0 radical (unpaired) electrons. The van der Waals surface area contributed by atoms with E-state index in [2.05, 4.69) is 4.90 Å². The number of hydrogen-bond donors (Lipinski definition) is 0. The number of nitro benzene ring substituents is 1. The van der Waals surface area contributed by atoms with Crippen LogP contribution in [0.25, 0.3) is 0 Å². The topological polar surface area (TPSA) is 55.6 Å². The van der Waals surface area contributed by atoms with Gasteiger partial charge >= 0.3 is 0 Å². The highest BCUT2D eigenvalue weighted by molar-refractivity contribution is 6.33. The summed E-state index contributed by atoms with van der Waals surface area (Å²) in [5, 5.41) is 11.0. The van der Waals surface area contributed by atoms with Gasteiger partial charge in [0.05, 0.1) is 28.8 Å². The van der Waals surface area contributed by atoms with Gasteiger partial charge in [0.15, 0.2) is 0 Å². The monoisotopic (exact) mass is 242 g/mol. The standard InChI is InChI=1S/C10H11ClN2O3/c11-9-7-8(13(14)15)1-2-10(9)12-3-5-16-6-4-12/h1-2,7H,3-6H2. The molecule has 0 amide bonds. The molecule has 1 aromatic carbocycles. The normalized spacial score (nSPS) is 16.2. The van der Waals surface area contributed by atoms with E-state index in [1.54, 1.807) is 6.07 Å². The lowest BCUT2D eigenvalue weighted by Gasteiger charge is -2.29. The van der Waals surface area contributed by atoms with Crippen molar-refractivity contribution in [3.8, 4) is 0 Å². The highest BCUT2D eigenvalue weighted by atomic mass is 35.5. The van der Waals surface area contributed by atoms with E-state index in [9.17, 15) is 10.1 Å². The van der Waals surface area contributed by atoms with Crippen molar-refractivity contribution in [2.75, 3.05) is 31.2 Å². The van der Waals surface area contributed by atoms with E-state index in [-0.39, 0.29) is 5.69 Å². The number of non-ortho nitro benzene ring substituents is 1. The molecule has 1 fully saturated rings. The van der Waals surface area contributed by atoms with Gasteiger partial charge in [-0.25, -0.2) is 0 Å². The van der Waals surface area contributed by atoms with E-state index in [0.29, 0.717) is 18.2 Å². The molecule has 0 spiro atoms. The summed E-state index contributed by atoms with van der Waals surface area (Å²) >= 11 is 6.02. The maximum absolute atomic E-state index is 10.6. The Labute approximate surface area is 97.7 Å². The van der Waals surface area contributed by atoms with E-state index in [1.165, 1.54) is 12.1 Å². The van der Waals surface area contributed by atoms with Gasteiger partial charge < -0.3 is 9.64 Å². The summed E-state index contributed by atoms with van der Waals surface area (Å²) in [5.74, 6) is 0. The second-order valence-electron chi connectivity index (χ2n) is 3.49. The molecule has 0 aromatic heterocycles. The Balaban J connectivity index is 2.24. The van der Waals surface area contributed by atoms with Crippen LogP contribution in [0.4, 0.5) is 11.4 Å². The first-order valence-corrected chi connectivity index (χ1v) is 5.33. The lowest BCUT2D eigenvalue weighted by atomic mass is 10.2. The van der Waals surface area contributed by atoms with Crippen LogP contribution in [-0.4, -0.2) is 31.2 Å². The van der Waals surface area contributed by atoms with Crippen molar-refractivity contribution in [2.24, 2.45) is 0 Å². The minimum Gasteiger partial charge on any atom is -0.378 e. The first kappa shape index (κ1) is 11.2. The summed E-state index contributed by atoms with van der Waals surface area (Å²) in [6.45, 7) is 2.84. The van der Waals surface area contributed by atoms with Crippen molar-refractivity contribution in [1.82, 2.24) is 0 Å². The van der Waals surface area contributed by atoms with Gasteiger partial charge in [-0.15, -0.1) is 0 Å². The van der Waals surface area contributed by atoms with Crippen LogP contribution in [0.15, 0.2) is 18.2 Å². The fourth-order valence-corrected chi connectivity index (χ4v) is 1.96. The fraction of sp³-hybridized carbons (Fsp3) is 0.400. The van der Waals surface area contributed by atoms with Crippen LogP contribution >= 0.6 is 11.6 Å². The third kappa shape index (κ3) is 2.25. The Morgan fingerprint density at radius 3 is 2.62 bits per heavy atom. The van der Waals surface area contributed by atoms with E-state index >= 15 is 0 Å². The van der Waals surface area contributed by atoms with Gasteiger partial charge in [0.1, 0.15) is 0 Å². The molecule has 86 valence electrons. The third-order valence-corrected chi connectivity index (χ3v) is 2.80. The third-order valence-electron chi connectivity index (χ3n) is 2.49. The zero-order valence-corrected chi connectivity index (χ0v) is 9.31. The minimum atomic E-state index is -0.449. The van der Waals surface area contributed by atoms with E-state index in [4.69, 9.17) is 16.3 Å². The lowest BCUT2D eigenvalue weighted by molar-refractivity contribution is -0.384. The Bertz CT molecular complexity index is 405. The van der Waals surface area contributed by atoms with Crippen molar-refractivity contribution in [1.29, 1.82) is 0 Å². The van der Waals surface area contributed by atoms with Crippen LogP contribution in [0.2, 0.25) is 5.02 Å². The van der Waals surface area contributed by atoms with Gasteiger partial charge in [-0.1, -0.05) is 11.6 Å². The average Bonchev–Trinajstić information content (AvgIpc) is 2.30.